The van der Waals surface area contributed by atoms with Gasteiger partial charge < -0.3 is 28.9 Å². The lowest BCUT2D eigenvalue weighted by molar-refractivity contribution is -0.192. The summed E-state index contributed by atoms with van der Waals surface area (Å²) in [6.07, 6.45) is -5.08. The van der Waals surface area contributed by atoms with E-state index in [4.69, 9.17) is 19.4 Å². The molecule has 0 saturated carbocycles. The number of pyridine rings is 1. The number of carbonyl (C=O) groups excluding carboxylic acids is 1. The molecule has 1 N–H and O–H groups in total. The molecule has 9 nitrogen and oxygen atoms in total. The fourth-order valence-corrected chi connectivity index (χ4v) is 5.03. The molecule has 0 fully saturated rings. The van der Waals surface area contributed by atoms with Crippen molar-refractivity contribution < 1.29 is 37.3 Å². The molecule has 2 heterocycles. The van der Waals surface area contributed by atoms with Gasteiger partial charge in [0.1, 0.15) is 16.9 Å². The van der Waals surface area contributed by atoms with E-state index >= 15 is 0 Å². The molecule has 0 aliphatic rings. The highest BCUT2D eigenvalue weighted by Crippen LogP contribution is 2.40. The quantitative estimate of drug-likeness (QED) is 0.343. The first-order valence-corrected chi connectivity index (χ1v) is 13.2. The zero-order valence-electron chi connectivity index (χ0n) is 22.6. The van der Waals surface area contributed by atoms with Gasteiger partial charge in [0.05, 0.1) is 16.8 Å². The number of carbonyl (C=O) groups is 2. The lowest BCUT2D eigenvalue weighted by atomic mass is 10.1. The number of carboxylic acid groups (broad SMARTS) is 1. The molecule has 0 radical (unpaired) electrons. The number of aliphatic carboxylic acids is 1. The Morgan fingerprint density at radius 2 is 1.69 bits per heavy atom. The monoisotopic (exact) mass is 573 g/mol. The minimum Gasteiger partial charge on any atom is -0.489 e. The Morgan fingerprint density at radius 3 is 2.26 bits per heavy atom. The number of para-hydroxylation sites is 1. The third-order valence-electron chi connectivity index (χ3n) is 6.00. The minimum absolute atomic E-state index is 0.129. The minimum atomic E-state index is -5.08. The molecule has 0 bridgehead atoms. The fraction of sp³-hybridized carbons (Fsp3) is 0.500. The van der Waals surface area contributed by atoms with Crippen molar-refractivity contribution in [3.63, 3.8) is 0 Å². The van der Waals surface area contributed by atoms with E-state index in [0.717, 1.165) is 35.2 Å². The third-order valence-corrected chi connectivity index (χ3v) is 7.19. The molecule has 1 amide bonds. The van der Waals surface area contributed by atoms with Crippen LogP contribution in [0.5, 0.6) is 5.75 Å². The highest BCUT2D eigenvalue weighted by molar-refractivity contribution is 7.22. The summed E-state index contributed by atoms with van der Waals surface area (Å²) in [4.78, 5) is 40.1. The Morgan fingerprint density at radius 1 is 1.08 bits per heavy atom. The van der Waals surface area contributed by atoms with Gasteiger partial charge in [-0.05, 0) is 26.1 Å². The zero-order chi connectivity index (χ0) is 29.3. The van der Waals surface area contributed by atoms with E-state index in [1.807, 2.05) is 31.2 Å². The molecule has 39 heavy (non-hydrogen) atoms. The topological polar surface area (TPSA) is 101 Å². The molecule has 0 unspecified atom stereocenters. The van der Waals surface area contributed by atoms with Crippen molar-refractivity contribution in [2.24, 2.45) is 7.05 Å². The number of thiophene rings is 1. The molecule has 3 aromatic rings. The van der Waals surface area contributed by atoms with E-state index in [2.05, 4.69) is 18.7 Å². The maximum atomic E-state index is 13.4. The first kappa shape index (κ1) is 32.1. The predicted octanol–water partition coefficient (Wildman–Crippen LogP) is 4.22. The highest BCUT2D eigenvalue weighted by Gasteiger charge is 2.38. The van der Waals surface area contributed by atoms with E-state index in [0.29, 0.717) is 35.8 Å². The van der Waals surface area contributed by atoms with Crippen LogP contribution in [0.15, 0.2) is 29.1 Å². The number of amides is 1. The average molecular weight is 574 g/mol. The molecule has 2 aromatic heterocycles. The second kappa shape index (κ2) is 14.3. The molecular formula is C26H34F3N3O6S. The van der Waals surface area contributed by atoms with Gasteiger partial charge in [0, 0.05) is 39.2 Å². The first-order valence-electron chi connectivity index (χ1n) is 12.4. The third kappa shape index (κ3) is 7.93. The molecule has 216 valence electrons. The van der Waals surface area contributed by atoms with Crippen molar-refractivity contribution in [3.05, 3.63) is 39.5 Å². The number of benzene rings is 1. The average Bonchev–Trinajstić information content (AvgIpc) is 3.29. The largest absolute Gasteiger partial charge is 0.490 e. The van der Waals surface area contributed by atoms with E-state index < -0.39 is 12.1 Å². The Hall–Kier alpha value is -3.16. The van der Waals surface area contributed by atoms with Crippen molar-refractivity contribution in [3.8, 4) is 5.75 Å². The summed E-state index contributed by atoms with van der Waals surface area (Å²) in [7, 11) is 3.56. The summed E-state index contributed by atoms with van der Waals surface area (Å²) >= 11 is 1.34. The van der Waals surface area contributed by atoms with Crippen molar-refractivity contribution in [1.29, 1.82) is 0 Å². The van der Waals surface area contributed by atoms with Crippen LogP contribution >= 0.6 is 11.3 Å². The molecule has 1 aromatic carbocycles. The first-order chi connectivity index (χ1) is 18.4. The number of aromatic nitrogens is 1. The standard InChI is InChI=1S/C24H33N3O4S.C2HF3O2/c1-6-27(7-2)14-13-25(4)24(29)22-20(31-16-15-30-8-3)19-21(32-22)17-11-9-10-12-18(17)26(5)23(19)28;3-2(4,5)1(6)7/h9-12H,6-8,13-16H2,1-5H3;(H,6,7). The van der Waals surface area contributed by atoms with Crippen molar-refractivity contribution in [1.82, 2.24) is 14.4 Å². The van der Waals surface area contributed by atoms with Crippen molar-refractivity contribution in [2.45, 2.75) is 26.9 Å². The maximum Gasteiger partial charge on any atom is 0.490 e. The van der Waals surface area contributed by atoms with E-state index in [1.165, 1.54) is 11.3 Å². The van der Waals surface area contributed by atoms with Crippen LogP contribution in [0.1, 0.15) is 30.4 Å². The van der Waals surface area contributed by atoms with E-state index in [1.54, 1.807) is 23.6 Å². The van der Waals surface area contributed by atoms with E-state index in [9.17, 15) is 22.8 Å². The smallest absolute Gasteiger partial charge is 0.489 e. The lowest BCUT2D eigenvalue weighted by Crippen LogP contribution is -2.36. The SMILES string of the molecule is CCOCCOc1c(C(=O)N(C)CCN(CC)CC)sc2c1c(=O)n(C)c1ccccc21.O=C(O)C(F)(F)F. The lowest BCUT2D eigenvalue weighted by Gasteiger charge is -2.23. The van der Waals surface area contributed by atoms with Crippen LogP contribution in [-0.2, 0) is 16.6 Å². The highest BCUT2D eigenvalue weighted by atomic mass is 32.1. The van der Waals surface area contributed by atoms with Gasteiger partial charge in [-0.15, -0.1) is 11.3 Å². The number of ether oxygens (including phenoxy) is 2. The number of alkyl halides is 3. The number of likely N-dealkylation sites (N-methyl/N-ethyl adjacent to an activating group) is 2. The van der Waals surface area contributed by atoms with Gasteiger partial charge in [-0.1, -0.05) is 32.0 Å². The van der Waals surface area contributed by atoms with Gasteiger partial charge in [0.25, 0.3) is 11.5 Å². The second-order valence-electron chi connectivity index (χ2n) is 8.45. The van der Waals surface area contributed by atoms with Crippen LogP contribution in [0.25, 0.3) is 21.0 Å². The summed E-state index contributed by atoms with van der Waals surface area (Å²) in [6.45, 7) is 10.7. The van der Waals surface area contributed by atoms with Crippen LogP contribution in [0.2, 0.25) is 0 Å². The molecule has 3 rings (SSSR count). The number of nitrogens with zero attached hydrogens (tertiary/aromatic N) is 3. The van der Waals surface area contributed by atoms with Crippen LogP contribution in [-0.4, -0.2) is 90.6 Å². The van der Waals surface area contributed by atoms with Crippen LogP contribution in [0.3, 0.4) is 0 Å². The number of hydrogen-bond acceptors (Lipinski definition) is 7. The number of rotatable bonds is 11. The molecule has 0 atom stereocenters. The molecule has 0 aliphatic carbocycles. The summed E-state index contributed by atoms with van der Waals surface area (Å²) in [5, 5.41) is 8.53. The Labute approximate surface area is 228 Å². The molecule has 0 saturated heterocycles. The number of carboxylic acids is 1. The van der Waals surface area contributed by atoms with Gasteiger partial charge in [0.15, 0.2) is 5.75 Å². The van der Waals surface area contributed by atoms with Crippen LogP contribution in [0, 0.1) is 0 Å². The van der Waals surface area contributed by atoms with Gasteiger partial charge in [-0.3, -0.25) is 9.59 Å². The normalized spacial score (nSPS) is 11.5. The molecule has 0 spiro atoms. The fourth-order valence-electron chi connectivity index (χ4n) is 3.77. The van der Waals surface area contributed by atoms with Gasteiger partial charge >= 0.3 is 12.1 Å². The van der Waals surface area contributed by atoms with Crippen LogP contribution in [0.4, 0.5) is 13.2 Å². The molecule has 0 aliphatic heterocycles. The van der Waals surface area contributed by atoms with E-state index in [-0.39, 0.29) is 18.1 Å². The number of hydrogen-bond donors (Lipinski definition) is 1. The summed E-state index contributed by atoms with van der Waals surface area (Å²) < 4.78 is 45.6. The Bertz CT molecular complexity index is 1330. The number of fused-ring (bicyclic) bond motifs is 3. The second-order valence-corrected chi connectivity index (χ2v) is 9.47. The maximum absolute atomic E-state index is 13.4. The van der Waals surface area contributed by atoms with Crippen molar-refractivity contribution in [2.75, 3.05) is 53.0 Å². The Balaban J connectivity index is 0.000000673. The summed E-state index contributed by atoms with van der Waals surface area (Å²) in [5.74, 6) is -2.51. The predicted molar refractivity (Wildman–Crippen MR) is 145 cm³/mol. The summed E-state index contributed by atoms with van der Waals surface area (Å²) in [5.41, 5.74) is 0.673. The number of halogens is 3. The van der Waals surface area contributed by atoms with Crippen molar-refractivity contribution >= 4 is 44.2 Å². The number of aryl methyl sites for hydroxylation is 1. The van der Waals surface area contributed by atoms with Gasteiger partial charge in [0.2, 0.25) is 0 Å². The van der Waals surface area contributed by atoms with Crippen LogP contribution < -0.4 is 10.3 Å². The van der Waals surface area contributed by atoms with Gasteiger partial charge in [-0.2, -0.15) is 13.2 Å². The summed E-state index contributed by atoms with van der Waals surface area (Å²) in [6, 6.07) is 7.76. The molecule has 13 heteroatoms. The Kier molecular flexibility index (Phi) is 11.7. The van der Waals surface area contributed by atoms with Gasteiger partial charge in [-0.25, -0.2) is 4.79 Å². The zero-order valence-corrected chi connectivity index (χ0v) is 23.4. The molecular weight excluding hydrogens is 539 g/mol.